The molecule has 0 bridgehead atoms. The van der Waals surface area contributed by atoms with Gasteiger partial charge in [0.2, 0.25) is 0 Å². The van der Waals surface area contributed by atoms with Gasteiger partial charge in [0.15, 0.2) is 0 Å². The van der Waals surface area contributed by atoms with E-state index in [1.807, 2.05) is 0 Å². The number of carbonyl (C=O) groups excluding carboxylic acids is 1. The minimum Gasteiger partial charge on any atom is -0.478 e. The molecule has 0 aliphatic heterocycles. The molecule has 7 heteroatoms. The van der Waals surface area contributed by atoms with E-state index in [0.29, 0.717) is 0 Å². The lowest BCUT2D eigenvalue weighted by atomic mass is 10.1. The highest BCUT2D eigenvalue weighted by atomic mass is 19.1. The van der Waals surface area contributed by atoms with Gasteiger partial charge in [-0.2, -0.15) is 0 Å². The van der Waals surface area contributed by atoms with Gasteiger partial charge in [0, 0.05) is 7.05 Å². The van der Waals surface area contributed by atoms with Crippen LogP contribution < -0.4 is 5.32 Å². The van der Waals surface area contributed by atoms with Gasteiger partial charge in [-0.1, -0.05) is 0 Å². The van der Waals surface area contributed by atoms with Gasteiger partial charge < -0.3 is 20.4 Å². The van der Waals surface area contributed by atoms with E-state index in [1.54, 1.807) is 13.8 Å². The van der Waals surface area contributed by atoms with Crippen LogP contribution in [0.3, 0.4) is 0 Å². The normalized spacial score (nSPS) is 11.1. The third-order valence-corrected chi connectivity index (χ3v) is 3.06. The van der Waals surface area contributed by atoms with E-state index < -0.39 is 23.4 Å². The topological polar surface area (TPSA) is 89.9 Å². The summed E-state index contributed by atoms with van der Waals surface area (Å²) in [6.07, 6.45) is 0. The molecule has 3 N–H and O–H groups in total. The summed E-state index contributed by atoms with van der Waals surface area (Å²) < 4.78 is 13.7. The molecule has 0 aliphatic rings. The Labute approximate surface area is 115 Å². The molecule has 20 heavy (non-hydrogen) atoms. The molecule has 0 saturated heterocycles. The lowest BCUT2D eigenvalue weighted by Crippen LogP contribution is -2.49. The minimum absolute atomic E-state index is 0.124. The van der Waals surface area contributed by atoms with Crippen LogP contribution in [0.15, 0.2) is 18.2 Å². The molecule has 0 radical (unpaired) electrons. The van der Waals surface area contributed by atoms with Crippen LogP contribution >= 0.6 is 0 Å². The molecule has 110 valence electrons. The van der Waals surface area contributed by atoms with Gasteiger partial charge in [-0.15, -0.1) is 0 Å². The molecule has 0 unspecified atom stereocenters. The number of likely N-dealkylation sites (N-methyl/N-ethyl adjacent to an activating group) is 1. The van der Waals surface area contributed by atoms with Crippen molar-refractivity contribution in [2.45, 2.75) is 19.4 Å². The number of nitrogens with one attached hydrogen (secondary N) is 1. The largest absolute Gasteiger partial charge is 0.478 e. The van der Waals surface area contributed by atoms with E-state index >= 15 is 0 Å². The third-order valence-electron chi connectivity index (χ3n) is 3.06. The van der Waals surface area contributed by atoms with Crippen LogP contribution in [0, 0.1) is 5.82 Å². The van der Waals surface area contributed by atoms with E-state index in [-0.39, 0.29) is 17.9 Å². The molecule has 1 rings (SSSR count). The Morgan fingerprint density at radius 1 is 1.40 bits per heavy atom. The van der Waals surface area contributed by atoms with Crippen molar-refractivity contribution in [2.75, 3.05) is 19.0 Å². The third kappa shape index (κ3) is 3.45. The van der Waals surface area contributed by atoms with Gasteiger partial charge in [-0.05, 0) is 32.0 Å². The Hall–Kier alpha value is -2.15. The zero-order chi connectivity index (χ0) is 15.5. The van der Waals surface area contributed by atoms with Gasteiger partial charge in [0.25, 0.3) is 0 Å². The molecule has 0 saturated carbocycles. The summed E-state index contributed by atoms with van der Waals surface area (Å²) >= 11 is 0. The average Bonchev–Trinajstić information content (AvgIpc) is 2.39. The standard InChI is InChI=1S/C13H17FN2O4/c1-13(2,7-17)16(3)12(20)15-10-5-4-8(11(18)19)6-9(10)14/h4-6,17H,7H2,1-3H3,(H,15,20)(H,18,19). The number of amides is 2. The minimum atomic E-state index is -1.25. The van der Waals surface area contributed by atoms with E-state index in [4.69, 9.17) is 5.11 Å². The average molecular weight is 284 g/mol. The zero-order valence-electron chi connectivity index (χ0n) is 11.5. The number of carbonyl (C=O) groups is 2. The maximum absolute atomic E-state index is 13.7. The first kappa shape index (κ1) is 15.9. The van der Waals surface area contributed by atoms with Gasteiger partial charge in [0.05, 0.1) is 23.4 Å². The number of aromatic carboxylic acids is 1. The number of hydrogen-bond acceptors (Lipinski definition) is 3. The summed E-state index contributed by atoms with van der Waals surface area (Å²) in [5, 5.41) is 20.2. The smallest absolute Gasteiger partial charge is 0.335 e. The molecule has 0 heterocycles. The van der Waals surface area contributed by atoms with Gasteiger partial charge in [-0.3, -0.25) is 0 Å². The summed E-state index contributed by atoms with van der Waals surface area (Å²) in [4.78, 5) is 23.8. The van der Waals surface area contributed by atoms with Crippen LogP contribution in [0.1, 0.15) is 24.2 Å². The quantitative estimate of drug-likeness (QED) is 0.786. The zero-order valence-corrected chi connectivity index (χ0v) is 11.5. The van der Waals surface area contributed by atoms with Crippen LogP contribution in [-0.2, 0) is 0 Å². The highest BCUT2D eigenvalue weighted by Gasteiger charge is 2.27. The number of carboxylic acids is 1. The first-order chi connectivity index (χ1) is 9.19. The van der Waals surface area contributed by atoms with E-state index in [0.717, 1.165) is 6.07 Å². The maximum Gasteiger partial charge on any atom is 0.335 e. The number of urea groups is 1. The molecular formula is C13H17FN2O4. The molecule has 1 aromatic carbocycles. The predicted molar refractivity (Wildman–Crippen MR) is 71.3 cm³/mol. The Kier molecular flexibility index (Phi) is 4.67. The Balaban J connectivity index is 2.89. The number of hydrogen-bond donors (Lipinski definition) is 3. The molecule has 2 amide bonds. The first-order valence-electron chi connectivity index (χ1n) is 5.87. The van der Waals surface area contributed by atoms with Crippen molar-refractivity contribution in [3.63, 3.8) is 0 Å². The number of rotatable bonds is 4. The SMILES string of the molecule is CN(C(=O)Nc1ccc(C(=O)O)cc1F)C(C)(C)CO. The van der Waals surface area contributed by atoms with Crippen molar-refractivity contribution in [1.82, 2.24) is 4.90 Å². The van der Waals surface area contributed by atoms with Gasteiger partial charge in [-0.25, -0.2) is 14.0 Å². The fourth-order valence-corrected chi connectivity index (χ4v) is 1.33. The van der Waals surface area contributed by atoms with Crippen molar-refractivity contribution in [1.29, 1.82) is 0 Å². The number of nitrogens with zero attached hydrogens (tertiary/aromatic N) is 1. The molecular weight excluding hydrogens is 267 g/mol. The van der Waals surface area contributed by atoms with Crippen molar-refractivity contribution in [2.24, 2.45) is 0 Å². The van der Waals surface area contributed by atoms with Crippen LogP contribution in [0.4, 0.5) is 14.9 Å². The summed E-state index contributed by atoms with van der Waals surface area (Å²) in [6, 6.07) is 2.59. The fraction of sp³-hybridized carbons (Fsp3) is 0.385. The van der Waals surface area contributed by atoms with Gasteiger partial charge in [0.1, 0.15) is 5.82 Å². The molecule has 6 nitrogen and oxygen atoms in total. The number of carboxylic acid groups (broad SMARTS) is 1. The molecule has 0 aliphatic carbocycles. The van der Waals surface area contributed by atoms with Gasteiger partial charge >= 0.3 is 12.0 Å². The fourth-order valence-electron chi connectivity index (χ4n) is 1.33. The molecule has 0 aromatic heterocycles. The second-order valence-electron chi connectivity index (χ2n) is 4.96. The lowest BCUT2D eigenvalue weighted by molar-refractivity contribution is 0.0696. The van der Waals surface area contributed by atoms with E-state index in [2.05, 4.69) is 5.32 Å². The second-order valence-corrected chi connectivity index (χ2v) is 4.96. The van der Waals surface area contributed by atoms with Crippen molar-refractivity contribution in [3.05, 3.63) is 29.6 Å². The predicted octanol–water partition coefficient (Wildman–Crippen LogP) is 1.76. The van der Waals surface area contributed by atoms with Crippen LogP contribution in [0.5, 0.6) is 0 Å². The summed E-state index contributed by atoms with van der Waals surface area (Å²) in [6.45, 7) is 3.05. The van der Waals surface area contributed by atoms with E-state index in [1.165, 1.54) is 24.1 Å². The highest BCUT2D eigenvalue weighted by molar-refractivity contribution is 5.92. The molecule has 0 spiro atoms. The molecule has 1 aromatic rings. The van der Waals surface area contributed by atoms with E-state index in [9.17, 15) is 19.1 Å². The Bertz CT molecular complexity index is 531. The Morgan fingerprint density at radius 2 is 2.00 bits per heavy atom. The van der Waals surface area contributed by atoms with Crippen LogP contribution in [0.25, 0.3) is 0 Å². The first-order valence-corrected chi connectivity index (χ1v) is 5.87. The summed E-state index contributed by atoms with van der Waals surface area (Å²) in [7, 11) is 1.47. The number of anilines is 1. The summed E-state index contributed by atoms with van der Waals surface area (Å²) in [5.74, 6) is -2.09. The monoisotopic (exact) mass is 284 g/mol. The second kappa shape index (κ2) is 5.87. The maximum atomic E-state index is 13.7. The summed E-state index contributed by atoms with van der Waals surface area (Å²) in [5.41, 5.74) is -1.13. The number of aliphatic hydroxyl groups is 1. The van der Waals surface area contributed by atoms with Crippen molar-refractivity contribution < 1.29 is 24.2 Å². The molecule has 0 fully saturated rings. The number of aliphatic hydroxyl groups excluding tert-OH is 1. The van der Waals surface area contributed by atoms with Crippen LogP contribution in [-0.4, -0.2) is 46.3 Å². The van der Waals surface area contributed by atoms with Crippen molar-refractivity contribution >= 4 is 17.7 Å². The number of halogens is 1. The lowest BCUT2D eigenvalue weighted by Gasteiger charge is -2.33. The highest BCUT2D eigenvalue weighted by Crippen LogP contribution is 2.18. The molecule has 0 atom stereocenters. The van der Waals surface area contributed by atoms with Crippen LogP contribution in [0.2, 0.25) is 0 Å². The Morgan fingerprint density at radius 3 is 2.45 bits per heavy atom. The van der Waals surface area contributed by atoms with Crippen molar-refractivity contribution in [3.8, 4) is 0 Å². The number of benzene rings is 1.